The minimum absolute atomic E-state index is 0.355. The first-order valence-corrected chi connectivity index (χ1v) is 3.74. The standard InChI is InChI=1S/C7H6BrN3/c1-2-3-5-7(9)11-6(8)4-10-5/h4H,1H3,(H2,9,11). The van der Waals surface area contributed by atoms with Crippen molar-refractivity contribution in [3.8, 4) is 11.8 Å². The number of rotatable bonds is 0. The largest absolute Gasteiger partial charge is 0.381 e. The molecule has 1 aromatic heterocycles. The van der Waals surface area contributed by atoms with Crippen LogP contribution in [0, 0.1) is 11.8 Å². The van der Waals surface area contributed by atoms with E-state index in [2.05, 4.69) is 37.7 Å². The topological polar surface area (TPSA) is 51.8 Å². The minimum Gasteiger partial charge on any atom is -0.381 e. The molecule has 0 fully saturated rings. The van der Waals surface area contributed by atoms with Gasteiger partial charge < -0.3 is 5.73 Å². The van der Waals surface area contributed by atoms with Crippen LogP contribution in [0.5, 0.6) is 0 Å². The van der Waals surface area contributed by atoms with Crippen LogP contribution in [0.2, 0.25) is 0 Å². The number of anilines is 1. The number of aromatic nitrogens is 2. The highest BCUT2D eigenvalue weighted by atomic mass is 79.9. The van der Waals surface area contributed by atoms with Crippen molar-refractivity contribution < 1.29 is 0 Å². The third kappa shape index (κ3) is 1.92. The Labute approximate surface area is 73.2 Å². The quantitative estimate of drug-likeness (QED) is 0.657. The molecule has 0 atom stereocenters. The maximum absolute atomic E-state index is 5.50. The molecule has 0 aromatic carbocycles. The molecule has 1 rings (SSSR count). The van der Waals surface area contributed by atoms with Crippen LogP contribution < -0.4 is 5.73 Å². The Morgan fingerprint density at radius 3 is 2.91 bits per heavy atom. The van der Waals surface area contributed by atoms with Gasteiger partial charge >= 0.3 is 0 Å². The number of nitrogen functional groups attached to an aromatic ring is 1. The van der Waals surface area contributed by atoms with Gasteiger partial charge in [0.2, 0.25) is 0 Å². The summed E-state index contributed by atoms with van der Waals surface area (Å²) < 4.78 is 0.622. The van der Waals surface area contributed by atoms with Crippen LogP contribution in [-0.4, -0.2) is 9.97 Å². The van der Waals surface area contributed by atoms with E-state index in [0.717, 1.165) is 0 Å². The molecule has 1 heterocycles. The Kier molecular flexibility index (Phi) is 2.44. The molecule has 4 heteroatoms. The van der Waals surface area contributed by atoms with E-state index < -0.39 is 0 Å². The predicted octanol–water partition coefficient (Wildman–Crippen LogP) is 1.19. The molecule has 2 N–H and O–H groups in total. The lowest BCUT2D eigenvalue weighted by molar-refractivity contribution is 1.15. The second-order valence-electron chi connectivity index (χ2n) is 1.80. The summed E-state index contributed by atoms with van der Waals surface area (Å²) >= 11 is 3.15. The van der Waals surface area contributed by atoms with Gasteiger partial charge in [0.1, 0.15) is 4.60 Å². The highest BCUT2D eigenvalue weighted by molar-refractivity contribution is 9.10. The average Bonchev–Trinajstić information content (AvgIpc) is 1.95. The SMILES string of the molecule is CC#Cc1ncc(Br)nc1N. The van der Waals surface area contributed by atoms with Gasteiger partial charge in [0.25, 0.3) is 0 Å². The van der Waals surface area contributed by atoms with E-state index in [9.17, 15) is 0 Å². The lowest BCUT2D eigenvalue weighted by Gasteiger charge is -1.94. The Bertz CT molecular complexity index is 324. The van der Waals surface area contributed by atoms with Gasteiger partial charge in [0.15, 0.2) is 11.5 Å². The van der Waals surface area contributed by atoms with Crippen LogP contribution in [0.3, 0.4) is 0 Å². The predicted molar refractivity (Wildman–Crippen MR) is 46.7 cm³/mol. The Morgan fingerprint density at radius 2 is 2.36 bits per heavy atom. The Balaban J connectivity index is 3.16. The molecule has 0 saturated carbocycles. The molecule has 0 aliphatic heterocycles. The first kappa shape index (κ1) is 8.02. The molecule has 0 amide bonds. The number of halogens is 1. The van der Waals surface area contributed by atoms with Crippen LogP contribution in [0.1, 0.15) is 12.6 Å². The summed E-state index contributed by atoms with van der Waals surface area (Å²) in [7, 11) is 0. The average molecular weight is 212 g/mol. The molecule has 0 unspecified atom stereocenters. The van der Waals surface area contributed by atoms with Gasteiger partial charge in [-0.1, -0.05) is 5.92 Å². The summed E-state index contributed by atoms with van der Waals surface area (Å²) in [5.41, 5.74) is 6.03. The molecule has 0 bridgehead atoms. The molecule has 0 aliphatic carbocycles. The second kappa shape index (κ2) is 3.35. The van der Waals surface area contributed by atoms with Crippen LogP contribution in [0.15, 0.2) is 10.8 Å². The molecule has 11 heavy (non-hydrogen) atoms. The lowest BCUT2D eigenvalue weighted by atomic mass is 10.4. The maximum atomic E-state index is 5.50. The van der Waals surface area contributed by atoms with Gasteiger partial charge in [-0.25, -0.2) is 9.97 Å². The molecule has 1 aromatic rings. The Hall–Kier alpha value is -1.08. The minimum atomic E-state index is 0.355. The normalized spacial score (nSPS) is 8.55. The fraction of sp³-hybridized carbons (Fsp3) is 0.143. The number of hydrogen-bond donors (Lipinski definition) is 1. The van der Waals surface area contributed by atoms with E-state index in [1.807, 2.05) is 0 Å². The lowest BCUT2D eigenvalue weighted by Crippen LogP contribution is -1.97. The van der Waals surface area contributed by atoms with Crippen molar-refractivity contribution in [2.45, 2.75) is 6.92 Å². The van der Waals surface area contributed by atoms with E-state index >= 15 is 0 Å². The van der Waals surface area contributed by atoms with Gasteiger partial charge in [-0.3, -0.25) is 0 Å². The summed E-state index contributed by atoms with van der Waals surface area (Å²) in [6.07, 6.45) is 1.57. The fourth-order valence-electron chi connectivity index (χ4n) is 0.596. The van der Waals surface area contributed by atoms with Gasteiger partial charge in [-0.15, -0.1) is 0 Å². The molecule has 56 valence electrons. The molecule has 0 saturated heterocycles. The van der Waals surface area contributed by atoms with Crippen molar-refractivity contribution in [1.29, 1.82) is 0 Å². The third-order valence-electron chi connectivity index (χ3n) is 1.01. The molecule has 3 nitrogen and oxygen atoms in total. The number of nitrogens with zero attached hydrogens (tertiary/aromatic N) is 2. The van der Waals surface area contributed by atoms with Crippen LogP contribution in [0.4, 0.5) is 5.82 Å². The van der Waals surface area contributed by atoms with Crippen molar-refractivity contribution in [3.63, 3.8) is 0 Å². The maximum Gasteiger partial charge on any atom is 0.159 e. The van der Waals surface area contributed by atoms with Crippen LogP contribution in [0.25, 0.3) is 0 Å². The van der Waals surface area contributed by atoms with Crippen molar-refractivity contribution in [2.75, 3.05) is 5.73 Å². The number of nitrogens with two attached hydrogens (primary N) is 1. The zero-order valence-corrected chi connectivity index (χ0v) is 7.51. The Morgan fingerprint density at radius 1 is 1.64 bits per heavy atom. The highest BCUT2D eigenvalue weighted by Crippen LogP contribution is 2.08. The summed E-state index contributed by atoms with van der Waals surface area (Å²) in [4.78, 5) is 7.88. The first-order valence-electron chi connectivity index (χ1n) is 2.95. The first-order chi connectivity index (χ1) is 5.24. The van der Waals surface area contributed by atoms with E-state index in [1.165, 1.54) is 0 Å². The van der Waals surface area contributed by atoms with E-state index in [0.29, 0.717) is 16.1 Å². The zero-order chi connectivity index (χ0) is 8.27. The van der Waals surface area contributed by atoms with Crippen molar-refractivity contribution in [2.24, 2.45) is 0 Å². The third-order valence-corrected chi connectivity index (χ3v) is 1.40. The van der Waals surface area contributed by atoms with Gasteiger partial charge in [-0.2, -0.15) is 0 Å². The summed E-state index contributed by atoms with van der Waals surface area (Å²) in [5.74, 6) is 5.79. The highest BCUT2D eigenvalue weighted by Gasteiger charge is 1.97. The van der Waals surface area contributed by atoms with Crippen molar-refractivity contribution in [1.82, 2.24) is 9.97 Å². The van der Waals surface area contributed by atoms with E-state index in [1.54, 1.807) is 13.1 Å². The van der Waals surface area contributed by atoms with Crippen molar-refractivity contribution in [3.05, 3.63) is 16.5 Å². The molecular formula is C7H6BrN3. The van der Waals surface area contributed by atoms with E-state index in [4.69, 9.17) is 5.73 Å². The molecule has 0 spiro atoms. The molecule has 0 radical (unpaired) electrons. The molecular weight excluding hydrogens is 206 g/mol. The zero-order valence-electron chi connectivity index (χ0n) is 5.93. The van der Waals surface area contributed by atoms with Gasteiger partial charge in [0.05, 0.1) is 6.20 Å². The van der Waals surface area contributed by atoms with Crippen molar-refractivity contribution >= 4 is 21.7 Å². The van der Waals surface area contributed by atoms with Crippen LogP contribution in [-0.2, 0) is 0 Å². The smallest absolute Gasteiger partial charge is 0.159 e. The number of hydrogen-bond acceptors (Lipinski definition) is 3. The second-order valence-corrected chi connectivity index (χ2v) is 2.61. The van der Waals surface area contributed by atoms with Gasteiger partial charge in [0, 0.05) is 0 Å². The monoisotopic (exact) mass is 211 g/mol. The fourth-order valence-corrected chi connectivity index (χ4v) is 0.889. The summed E-state index contributed by atoms with van der Waals surface area (Å²) in [5, 5.41) is 0. The summed E-state index contributed by atoms with van der Waals surface area (Å²) in [6, 6.07) is 0. The summed E-state index contributed by atoms with van der Waals surface area (Å²) in [6.45, 7) is 1.73. The molecule has 0 aliphatic rings. The van der Waals surface area contributed by atoms with E-state index in [-0.39, 0.29) is 0 Å². The van der Waals surface area contributed by atoms with Gasteiger partial charge in [-0.05, 0) is 28.8 Å². The van der Waals surface area contributed by atoms with Crippen LogP contribution >= 0.6 is 15.9 Å².